The average Bonchev–Trinajstić information content (AvgIpc) is 2.86. The normalized spacial score (nSPS) is 40.9. The third kappa shape index (κ3) is 5.29. The molecule has 10 atom stereocenters. The number of nitrogens with two attached hydrogens (primary N) is 1. The molecule has 0 amide bonds. The SMILES string of the molecule is COC(=O)C1C(CC(C)C)CCC2C3CCC4C5COC[C@]4(C[C@@H](OC(C)=O)[C@@H]5OCC(C)(C)N)C3=CC(=O)C21. The summed E-state index contributed by atoms with van der Waals surface area (Å²) in [4.78, 5) is 39.5. The molecule has 0 radical (unpaired) electrons. The van der Waals surface area contributed by atoms with E-state index in [1.54, 1.807) is 0 Å². The molecule has 7 unspecified atom stereocenters. The molecule has 4 aliphatic carbocycles. The highest BCUT2D eigenvalue weighted by Gasteiger charge is 2.64. The Morgan fingerprint density at radius 2 is 1.93 bits per heavy atom. The van der Waals surface area contributed by atoms with Crippen LogP contribution in [0, 0.1) is 52.8 Å². The number of carbonyl (C=O) groups excluding carboxylic acids is 3. The molecule has 224 valence electrons. The molecule has 0 spiro atoms. The fraction of sp³-hybridized carbons (Fsp3) is 0.844. The molecule has 3 saturated carbocycles. The summed E-state index contributed by atoms with van der Waals surface area (Å²) in [7, 11) is 1.44. The van der Waals surface area contributed by atoms with Crippen molar-refractivity contribution in [2.75, 3.05) is 26.9 Å². The van der Waals surface area contributed by atoms with Crippen molar-refractivity contribution >= 4 is 17.7 Å². The third-order valence-corrected chi connectivity index (χ3v) is 10.6. The first kappa shape index (κ1) is 29.7. The molecule has 0 aromatic rings. The van der Waals surface area contributed by atoms with Gasteiger partial charge in [-0.25, -0.2) is 0 Å². The van der Waals surface area contributed by atoms with Gasteiger partial charge in [-0.3, -0.25) is 14.4 Å². The maximum atomic E-state index is 14.1. The van der Waals surface area contributed by atoms with Crippen LogP contribution in [0.3, 0.4) is 0 Å². The summed E-state index contributed by atoms with van der Waals surface area (Å²) < 4.78 is 23.9. The van der Waals surface area contributed by atoms with Crippen LogP contribution in [-0.2, 0) is 33.3 Å². The lowest BCUT2D eigenvalue weighted by molar-refractivity contribution is -0.226. The monoisotopic (exact) mass is 559 g/mol. The molecule has 5 aliphatic rings. The lowest BCUT2D eigenvalue weighted by atomic mass is 9.45. The zero-order chi connectivity index (χ0) is 29.0. The number of hydrogen-bond donors (Lipinski definition) is 1. The Balaban J connectivity index is 1.51. The maximum absolute atomic E-state index is 14.1. The number of fused-ring (bicyclic) bond motifs is 3. The van der Waals surface area contributed by atoms with Crippen LogP contribution in [0.15, 0.2) is 11.6 Å². The summed E-state index contributed by atoms with van der Waals surface area (Å²) in [6.45, 7) is 11.1. The Bertz CT molecular complexity index is 1030. The van der Waals surface area contributed by atoms with Crippen LogP contribution in [0.1, 0.15) is 73.1 Å². The second-order valence-corrected chi connectivity index (χ2v) is 14.4. The number of ketones is 1. The van der Waals surface area contributed by atoms with Crippen LogP contribution in [-0.4, -0.2) is 62.4 Å². The molecule has 8 nitrogen and oxygen atoms in total. The van der Waals surface area contributed by atoms with Gasteiger partial charge in [-0.1, -0.05) is 19.4 Å². The minimum absolute atomic E-state index is 0.0495. The van der Waals surface area contributed by atoms with Crippen molar-refractivity contribution < 1.29 is 33.3 Å². The van der Waals surface area contributed by atoms with Crippen LogP contribution >= 0.6 is 0 Å². The van der Waals surface area contributed by atoms with Gasteiger partial charge < -0.3 is 24.7 Å². The van der Waals surface area contributed by atoms with E-state index in [0.717, 1.165) is 32.1 Å². The van der Waals surface area contributed by atoms with E-state index < -0.39 is 11.6 Å². The van der Waals surface area contributed by atoms with Crippen molar-refractivity contribution in [1.82, 2.24) is 0 Å². The molecular weight excluding hydrogens is 510 g/mol. The van der Waals surface area contributed by atoms with Crippen LogP contribution in [0.25, 0.3) is 0 Å². The van der Waals surface area contributed by atoms with E-state index in [2.05, 4.69) is 13.8 Å². The fourth-order valence-corrected chi connectivity index (χ4v) is 9.40. The minimum Gasteiger partial charge on any atom is -0.469 e. The van der Waals surface area contributed by atoms with Crippen molar-refractivity contribution in [3.8, 4) is 0 Å². The number of hydrogen-bond acceptors (Lipinski definition) is 8. The first-order chi connectivity index (χ1) is 18.9. The summed E-state index contributed by atoms with van der Waals surface area (Å²) >= 11 is 0. The lowest BCUT2D eigenvalue weighted by Crippen LogP contribution is -2.64. The number of methoxy groups -OCH3 is 1. The first-order valence-corrected chi connectivity index (χ1v) is 15.4. The van der Waals surface area contributed by atoms with Crippen LogP contribution in [0.2, 0.25) is 0 Å². The summed E-state index contributed by atoms with van der Waals surface area (Å²) in [5.41, 5.74) is 6.54. The molecule has 0 aromatic heterocycles. The van der Waals surface area contributed by atoms with Crippen molar-refractivity contribution in [2.45, 2.75) is 90.9 Å². The lowest BCUT2D eigenvalue weighted by Gasteiger charge is -2.63. The predicted molar refractivity (Wildman–Crippen MR) is 149 cm³/mol. The number of ether oxygens (including phenoxy) is 4. The van der Waals surface area contributed by atoms with Crippen molar-refractivity contribution in [2.24, 2.45) is 58.5 Å². The standard InChI is InChI=1S/C32H49NO7/c1-17(2)11-19-7-8-21-20-9-10-23-22-14-38-16-32(23,24(20)12-25(35)28(21)27(19)30(36)37-6)13-26(40-18(3)34)29(22)39-15-31(4,5)33/h12,17,19-23,26-29H,7-11,13-16,33H2,1-6H3/t19?,20?,21?,22?,23?,26-,27?,28?,29-,32+/m1/s1. The quantitative estimate of drug-likeness (QED) is 0.464. The van der Waals surface area contributed by atoms with E-state index in [-0.39, 0.29) is 70.7 Å². The van der Waals surface area contributed by atoms with Gasteiger partial charge in [-0.05, 0) is 88.0 Å². The molecule has 1 saturated heterocycles. The summed E-state index contributed by atoms with van der Waals surface area (Å²) in [6.07, 6.45) is 6.52. The Hall–Kier alpha value is -1.77. The van der Waals surface area contributed by atoms with E-state index in [0.29, 0.717) is 32.2 Å². The van der Waals surface area contributed by atoms with Gasteiger partial charge in [0.15, 0.2) is 5.78 Å². The molecule has 0 aromatic carbocycles. The molecule has 8 heteroatoms. The zero-order valence-electron chi connectivity index (χ0n) is 25.1. The Morgan fingerprint density at radius 1 is 1.18 bits per heavy atom. The third-order valence-electron chi connectivity index (χ3n) is 10.6. The molecule has 5 rings (SSSR count). The van der Waals surface area contributed by atoms with Gasteiger partial charge >= 0.3 is 11.9 Å². The molecular formula is C32H49NO7. The van der Waals surface area contributed by atoms with Gasteiger partial charge in [0.2, 0.25) is 0 Å². The van der Waals surface area contributed by atoms with Gasteiger partial charge in [0.25, 0.3) is 0 Å². The second-order valence-electron chi connectivity index (χ2n) is 14.4. The van der Waals surface area contributed by atoms with Gasteiger partial charge in [0.05, 0.1) is 39.0 Å². The predicted octanol–water partition coefficient (Wildman–Crippen LogP) is 4.09. The second kappa shape index (κ2) is 11.1. The Labute approximate surface area is 239 Å². The molecule has 40 heavy (non-hydrogen) atoms. The molecule has 2 N–H and O–H groups in total. The maximum Gasteiger partial charge on any atom is 0.309 e. The molecule has 4 fully saturated rings. The summed E-state index contributed by atoms with van der Waals surface area (Å²) in [6, 6.07) is 0. The smallest absolute Gasteiger partial charge is 0.309 e. The van der Waals surface area contributed by atoms with E-state index in [1.807, 2.05) is 19.9 Å². The van der Waals surface area contributed by atoms with Crippen molar-refractivity contribution in [3.63, 3.8) is 0 Å². The summed E-state index contributed by atoms with van der Waals surface area (Å²) in [5.74, 6) is 0.0437. The molecule has 2 bridgehead atoms. The first-order valence-electron chi connectivity index (χ1n) is 15.4. The van der Waals surface area contributed by atoms with Crippen molar-refractivity contribution in [1.29, 1.82) is 0 Å². The van der Waals surface area contributed by atoms with Crippen LogP contribution < -0.4 is 5.73 Å². The zero-order valence-corrected chi connectivity index (χ0v) is 25.1. The summed E-state index contributed by atoms with van der Waals surface area (Å²) in [5, 5.41) is 0. The average molecular weight is 560 g/mol. The van der Waals surface area contributed by atoms with Gasteiger partial charge in [0, 0.05) is 29.7 Å². The van der Waals surface area contributed by atoms with Gasteiger partial charge in [-0.15, -0.1) is 0 Å². The number of allylic oxidation sites excluding steroid dienone is 1. The van der Waals surface area contributed by atoms with Crippen LogP contribution in [0.5, 0.6) is 0 Å². The van der Waals surface area contributed by atoms with E-state index >= 15 is 0 Å². The number of rotatable bonds is 7. The molecule has 1 aliphatic heterocycles. The topological polar surface area (TPSA) is 114 Å². The number of carbonyl (C=O) groups is 3. The van der Waals surface area contributed by atoms with Crippen molar-refractivity contribution in [3.05, 3.63) is 11.6 Å². The number of esters is 2. The largest absolute Gasteiger partial charge is 0.469 e. The van der Waals surface area contributed by atoms with Gasteiger partial charge in [-0.2, -0.15) is 0 Å². The minimum atomic E-state index is -0.513. The Kier molecular flexibility index (Phi) is 8.28. The van der Waals surface area contributed by atoms with Crippen LogP contribution in [0.4, 0.5) is 0 Å². The Morgan fingerprint density at radius 3 is 2.58 bits per heavy atom. The highest BCUT2D eigenvalue weighted by molar-refractivity contribution is 5.97. The highest BCUT2D eigenvalue weighted by Crippen LogP contribution is 2.64. The molecule has 1 heterocycles. The van der Waals surface area contributed by atoms with Gasteiger partial charge in [0.1, 0.15) is 6.10 Å². The van der Waals surface area contributed by atoms with E-state index in [4.69, 9.17) is 24.7 Å². The van der Waals surface area contributed by atoms with E-state index in [1.165, 1.54) is 19.6 Å². The highest BCUT2D eigenvalue weighted by atomic mass is 16.6. The fourth-order valence-electron chi connectivity index (χ4n) is 9.40. The van der Waals surface area contributed by atoms with E-state index in [9.17, 15) is 14.4 Å².